The topological polar surface area (TPSA) is 12.9 Å². The summed E-state index contributed by atoms with van der Waals surface area (Å²) in [7, 11) is 0. The van der Waals surface area contributed by atoms with E-state index >= 15 is 0 Å². The Morgan fingerprint density at radius 1 is 1.33 bits per heavy atom. The summed E-state index contributed by atoms with van der Waals surface area (Å²) in [5, 5.41) is -0.639. The van der Waals surface area contributed by atoms with Crippen LogP contribution in [0.2, 0.25) is 5.02 Å². The van der Waals surface area contributed by atoms with Gasteiger partial charge in [-0.15, -0.1) is 0 Å². The van der Waals surface area contributed by atoms with Crippen LogP contribution in [0.15, 0.2) is 6.20 Å². The van der Waals surface area contributed by atoms with Crippen molar-refractivity contribution in [2.24, 2.45) is 0 Å². The maximum absolute atomic E-state index is 12.4. The Labute approximate surface area is 86.9 Å². The number of alkyl halides is 5. The fourth-order valence-corrected chi connectivity index (χ4v) is 1.27. The second-order valence-corrected chi connectivity index (χ2v) is 3.16. The Hall–Kier alpha value is -0.910. The molecule has 7 heteroatoms. The molecule has 0 fully saturated rings. The highest BCUT2D eigenvalue weighted by atomic mass is 35.5. The van der Waals surface area contributed by atoms with Crippen molar-refractivity contribution in [1.29, 1.82) is 0 Å². The van der Waals surface area contributed by atoms with E-state index in [0.29, 0.717) is 6.20 Å². The third-order valence-electron chi connectivity index (χ3n) is 1.76. The van der Waals surface area contributed by atoms with Crippen molar-refractivity contribution in [3.05, 3.63) is 28.0 Å². The predicted octanol–water partition coefficient (Wildman–Crippen LogP) is 4.00. The maximum atomic E-state index is 12.4. The number of hydrogen-bond acceptors (Lipinski definition) is 1. The van der Waals surface area contributed by atoms with Gasteiger partial charge in [0.05, 0.1) is 21.8 Å². The molecule has 0 N–H and O–H groups in total. The van der Waals surface area contributed by atoms with Crippen LogP contribution >= 0.6 is 11.6 Å². The van der Waals surface area contributed by atoms with Gasteiger partial charge in [0.25, 0.3) is 6.43 Å². The van der Waals surface area contributed by atoms with Crippen LogP contribution in [0.1, 0.15) is 23.2 Å². The number of rotatable bonds is 1. The molecular weight excluding hydrogens is 241 g/mol. The van der Waals surface area contributed by atoms with Gasteiger partial charge in [-0.05, 0) is 6.92 Å². The third-order valence-corrected chi connectivity index (χ3v) is 2.23. The molecule has 0 saturated heterocycles. The summed E-state index contributed by atoms with van der Waals surface area (Å²) in [6, 6.07) is 0. The summed E-state index contributed by atoms with van der Waals surface area (Å²) in [5.41, 5.74) is -2.76. The van der Waals surface area contributed by atoms with Crippen molar-refractivity contribution in [3.63, 3.8) is 0 Å². The molecule has 0 spiro atoms. The number of aryl methyl sites for hydroxylation is 1. The van der Waals surface area contributed by atoms with Gasteiger partial charge in [-0.3, -0.25) is 4.98 Å². The smallest absolute Gasteiger partial charge is 0.259 e. The van der Waals surface area contributed by atoms with E-state index in [0.717, 1.165) is 0 Å². The minimum Gasteiger partial charge on any atom is -0.259 e. The Morgan fingerprint density at radius 2 is 1.87 bits per heavy atom. The predicted molar refractivity (Wildman–Crippen MR) is 43.9 cm³/mol. The molecule has 0 aliphatic heterocycles. The summed E-state index contributed by atoms with van der Waals surface area (Å²) < 4.78 is 61.6. The van der Waals surface area contributed by atoms with Crippen LogP contribution in [0.25, 0.3) is 0 Å². The van der Waals surface area contributed by atoms with Gasteiger partial charge in [-0.25, -0.2) is 8.78 Å². The van der Waals surface area contributed by atoms with Crippen molar-refractivity contribution in [3.8, 4) is 0 Å². The van der Waals surface area contributed by atoms with Crippen LogP contribution in [0.4, 0.5) is 22.0 Å². The summed E-state index contributed by atoms with van der Waals surface area (Å²) >= 11 is 5.36. The molecule has 1 aromatic heterocycles. The molecule has 15 heavy (non-hydrogen) atoms. The first-order chi connectivity index (χ1) is 6.75. The lowest BCUT2D eigenvalue weighted by molar-refractivity contribution is -0.139. The zero-order chi connectivity index (χ0) is 11.8. The molecule has 1 aromatic rings. The average Bonchev–Trinajstić information content (AvgIpc) is 2.06. The van der Waals surface area contributed by atoms with E-state index in [1.165, 1.54) is 6.92 Å². The quantitative estimate of drug-likeness (QED) is 0.682. The van der Waals surface area contributed by atoms with Gasteiger partial charge >= 0.3 is 6.18 Å². The lowest BCUT2D eigenvalue weighted by atomic mass is 10.1. The Morgan fingerprint density at radius 3 is 2.27 bits per heavy atom. The highest BCUT2D eigenvalue weighted by Gasteiger charge is 2.37. The van der Waals surface area contributed by atoms with Crippen molar-refractivity contribution in [2.45, 2.75) is 19.5 Å². The van der Waals surface area contributed by atoms with E-state index in [4.69, 9.17) is 11.6 Å². The second-order valence-electron chi connectivity index (χ2n) is 2.78. The van der Waals surface area contributed by atoms with Crippen molar-refractivity contribution in [2.75, 3.05) is 0 Å². The molecule has 0 atom stereocenters. The molecule has 0 radical (unpaired) electrons. The first-order valence-corrected chi connectivity index (χ1v) is 4.13. The van der Waals surface area contributed by atoms with Crippen LogP contribution in [0.5, 0.6) is 0 Å². The number of aromatic nitrogens is 1. The van der Waals surface area contributed by atoms with Gasteiger partial charge in [-0.1, -0.05) is 11.6 Å². The minimum atomic E-state index is -4.88. The van der Waals surface area contributed by atoms with E-state index in [1.807, 2.05) is 0 Å². The molecule has 0 bridgehead atoms. The maximum Gasteiger partial charge on any atom is 0.418 e. The fourth-order valence-electron chi connectivity index (χ4n) is 1.04. The number of hydrogen-bond donors (Lipinski definition) is 0. The van der Waals surface area contributed by atoms with Crippen molar-refractivity contribution < 1.29 is 22.0 Å². The fraction of sp³-hybridized carbons (Fsp3) is 0.375. The Bertz CT molecular complexity index is 374. The minimum absolute atomic E-state index is 0.0556. The average molecular weight is 246 g/mol. The van der Waals surface area contributed by atoms with E-state index in [9.17, 15) is 22.0 Å². The zero-order valence-electron chi connectivity index (χ0n) is 7.37. The third kappa shape index (κ3) is 2.37. The summed E-state index contributed by atoms with van der Waals surface area (Å²) in [5.74, 6) is 0. The summed E-state index contributed by atoms with van der Waals surface area (Å²) in [6.07, 6.45) is -7.80. The second kappa shape index (κ2) is 3.92. The highest BCUT2D eigenvalue weighted by molar-refractivity contribution is 6.32. The van der Waals surface area contributed by atoms with Crippen molar-refractivity contribution in [1.82, 2.24) is 4.98 Å². The van der Waals surface area contributed by atoms with E-state index in [2.05, 4.69) is 4.98 Å². The molecule has 0 amide bonds. The first-order valence-electron chi connectivity index (χ1n) is 3.75. The largest absolute Gasteiger partial charge is 0.418 e. The number of nitrogens with zero attached hydrogens (tertiary/aromatic N) is 1. The lowest BCUT2D eigenvalue weighted by Crippen LogP contribution is -2.11. The van der Waals surface area contributed by atoms with E-state index < -0.39 is 28.8 Å². The SMILES string of the molecule is Cc1ncc(C(F)(F)F)c(C(F)F)c1Cl. The summed E-state index contributed by atoms with van der Waals surface area (Å²) in [4.78, 5) is 3.30. The van der Waals surface area contributed by atoms with Gasteiger partial charge in [0.2, 0.25) is 0 Å². The molecule has 0 unspecified atom stereocenters. The monoisotopic (exact) mass is 245 g/mol. The lowest BCUT2D eigenvalue weighted by Gasteiger charge is -2.14. The van der Waals surface area contributed by atoms with Crippen LogP contribution in [0.3, 0.4) is 0 Å². The van der Waals surface area contributed by atoms with Gasteiger partial charge in [0, 0.05) is 6.20 Å². The molecule has 84 valence electrons. The van der Waals surface area contributed by atoms with E-state index in [-0.39, 0.29) is 5.69 Å². The van der Waals surface area contributed by atoms with Gasteiger partial charge in [-0.2, -0.15) is 13.2 Å². The van der Waals surface area contributed by atoms with Crippen LogP contribution in [-0.4, -0.2) is 4.98 Å². The Kier molecular flexibility index (Phi) is 3.18. The molecule has 1 rings (SSSR count). The van der Waals surface area contributed by atoms with Crippen LogP contribution in [-0.2, 0) is 6.18 Å². The molecule has 1 heterocycles. The molecular formula is C8H5ClF5N. The molecule has 0 aromatic carbocycles. The van der Waals surface area contributed by atoms with Crippen LogP contribution < -0.4 is 0 Å². The van der Waals surface area contributed by atoms with Gasteiger partial charge in [0.1, 0.15) is 0 Å². The number of halogens is 6. The molecule has 1 nitrogen and oxygen atoms in total. The number of pyridine rings is 1. The summed E-state index contributed by atoms with van der Waals surface area (Å²) in [6.45, 7) is 1.26. The standard InChI is InChI=1S/C8H5ClF5N/c1-3-6(9)5(7(10)11)4(2-15-3)8(12,13)14/h2,7H,1H3. The van der Waals surface area contributed by atoms with Crippen LogP contribution in [0, 0.1) is 6.92 Å². The Balaban J connectivity index is 3.47. The molecule has 0 saturated carbocycles. The first kappa shape index (κ1) is 12.2. The van der Waals surface area contributed by atoms with Crippen molar-refractivity contribution >= 4 is 11.6 Å². The van der Waals surface area contributed by atoms with E-state index in [1.54, 1.807) is 0 Å². The molecule has 0 aliphatic rings. The zero-order valence-corrected chi connectivity index (χ0v) is 8.13. The highest BCUT2D eigenvalue weighted by Crippen LogP contribution is 2.40. The molecule has 0 aliphatic carbocycles. The normalized spacial score (nSPS) is 12.3. The van der Waals surface area contributed by atoms with Gasteiger partial charge in [0.15, 0.2) is 0 Å². The van der Waals surface area contributed by atoms with Gasteiger partial charge < -0.3 is 0 Å².